The van der Waals surface area contributed by atoms with Crippen molar-refractivity contribution >= 4 is 11.6 Å². The largest absolute Gasteiger partial charge is 0.344 e. The summed E-state index contributed by atoms with van der Waals surface area (Å²) in [4.78, 5) is 0. The van der Waals surface area contributed by atoms with Gasteiger partial charge in [-0.1, -0.05) is 43.3 Å². The van der Waals surface area contributed by atoms with Gasteiger partial charge in [0.25, 0.3) is 0 Å². The summed E-state index contributed by atoms with van der Waals surface area (Å²) < 4.78 is 0. The zero-order chi connectivity index (χ0) is 6.95. The molecule has 0 heterocycles. The SMILES string of the molecule is CCCl.N.c1ccccc1. The Labute approximate surface area is 67.6 Å². The minimum absolute atomic E-state index is 0. The maximum Gasteiger partial charge on any atom is 0.0195 e. The Morgan fingerprint density at radius 3 is 1.10 bits per heavy atom. The molecule has 0 unspecified atom stereocenters. The van der Waals surface area contributed by atoms with E-state index in [9.17, 15) is 0 Å². The van der Waals surface area contributed by atoms with E-state index < -0.39 is 0 Å². The molecule has 1 aromatic carbocycles. The molecule has 3 N–H and O–H groups in total. The Morgan fingerprint density at radius 1 is 0.900 bits per heavy atom. The lowest BCUT2D eigenvalue weighted by atomic mass is 10.4. The van der Waals surface area contributed by atoms with Gasteiger partial charge in [0, 0.05) is 5.88 Å². The van der Waals surface area contributed by atoms with Gasteiger partial charge in [-0.3, -0.25) is 0 Å². The van der Waals surface area contributed by atoms with Gasteiger partial charge in [-0.25, -0.2) is 0 Å². The van der Waals surface area contributed by atoms with Crippen molar-refractivity contribution in [1.29, 1.82) is 0 Å². The van der Waals surface area contributed by atoms with Crippen LogP contribution in [-0.2, 0) is 0 Å². The molecule has 10 heavy (non-hydrogen) atoms. The molecule has 0 spiro atoms. The van der Waals surface area contributed by atoms with Crippen LogP contribution in [0.2, 0.25) is 0 Å². The molecule has 1 rings (SSSR count). The van der Waals surface area contributed by atoms with Gasteiger partial charge in [-0.05, 0) is 0 Å². The van der Waals surface area contributed by atoms with Crippen molar-refractivity contribution in [2.45, 2.75) is 6.92 Å². The van der Waals surface area contributed by atoms with E-state index in [1.165, 1.54) is 0 Å². The highest BCUT2D eigenvalue weighted by Gasteiger charge is 1.57. The molecule has 0 fully saturated rings. The summed E-state index contributed by atoms with van der Waals surface area (Å²) in [5.41, 5.74) is 0. The van der Waals surface area contributed by atoms with E-state index in [4.69, 9.17) is 11.6 Å². The molecule has 58 valence electrons. The molecule has 0 amide bonds. The van der Waals surface area contributed by atoms with Crippen molar-refractivity contribution in [1.82, 2.24) is 6.15 Å². The fourth-order valence-corrected chi connectivity index (χ4v) is 0.385. The molecule has 0 aliphatic heterocycles. The van der Waals surface area contributed by atoms with Crippen LogP contribution in [0.5, 0.6) is 0 Å². The summed E-state index contributed by atoms with van der Waals surface area (Å²) in [6, 6.07) is 12.0. The third-order valence-electron chi connectivity index (χ3n) is 0.667. The fourth-order valence-electron chi connectivity index (χ4n) is 0.385. The number of benzene rings is 1. The molecule has 0 aliphatic carbocycles. The summed E-state index contributed by atoms with van der Waals surface area (Å²) in [5.74, 6) is 0.722. The van der Waals surface area contributed by atoms with Gasteiger partial charge in [-0.15, -0.1) is 11.6 Å². The molecule has 1 aromatic rings. The summed E-state index contributed by atoms with van der Waals surface area (Å²) >= 11 is 5.00. The standard InChI is InChI=1S/C6H6.C2H5Cl.H3N/c1-2-4-6-5-3-1;1-2-3;/h1-6H;2H2,1H3;1H3. The monoisotopic (exact) mass is 159 g/mol. The quantitative estimate of drug-likeness (QED) is 0.580. The Kier molecular flexibility index (Phi) is 13.7. The van der Waals surface area contributed by atoms with Crippen molar-refractivity contribution in [3.63, 3.8) is 0 Å². The third kappa shape index (κ3) is 10.5. The van der Waals surface area contributed by atoms with Crippen LogP contribution in [-0.4, -0.2) is 5.88 Å². The minimum Gasteiger partial charge on any atom is -0.344 e. The van der Waals surface area contributed by atoms with Crippen LogP contribution in [0.25, 0.3) is 0 Å². The fraction of sp³-hybridized carbons (Fsp3) is 0.250. The molecule has 0 saturated carbocycles. The van der Waals surface area contributed by atoms with Crippen molar-refractivity contribution in [3.05, 3.63) is 36.4 Å². The van der Waals surface area contributed by atoms with E-state index in [0.29, 0.717) is 0 Å². The predicted octanol–water partition coefficient (Wildman–Crippen LogP) is 3.09. The van der Waals surface area contributed by atoms with Gasteiger partial charge in [0.1, 0.15) is 0 Å². The van der Waals surface area contributed by atoms with Crippen molar-refractivity contribution in [2.75, 3.05) is 5.88 Å². The molecule has 0 aromatic heterocycles. The Morgan fingerprint density at radius 2 is 1.00 bits per heavy atom. The second-order valence-corrected chi connectivity index (χ2v) is 1.96. The smallest absolute Gasteiger partial charge is 0.0195 e. The number of rotatable bonds is 0. The molecule has 0 radical (unpaired) electrons. The van der Waals surface area contributed by atoms with Gasteiger partial charge >= 0.3 is 0 Å². The van der Waals surface area contributed by atoms with Gasteiger partial charge < -0.3 is 6.15 Å². The summed E-state index contributed by atoms with van der Waals surface area (Å²) in [7, 11) is 0. The van der Waals surface area contributed by atoms with Crippen molar-refractivity contribution in [3.8, 4) is 0 Å². The molecule has 2 heteroatoms. The summed E-state index contributed by atoms with van der Waals surface area (Å²) in [5, 5.41) is 0. The average Bonchev–Trinajstić information content (AvgIpc) is 1.93. The van der Waals surface area contributed by atoms with E-state index in [-0.39, 0.29) is 6.15 Å². The molecule has 0 atom stereocenters. The highest BCUT2D eigenvalue weighted by molar-refractivity contribution is 6.17. The van der Waals surface area contributed by atoms with Gasteiger partial charge in [0.2, 0.25) is 0 Å². The summed E-state index contributed by atoms with van der Waals surface area (Å²) in [6.07, 6.45) is 0. The zero-order valence-corrected chi connectivity index (χ0v) is 7.01. The molecule has 1 nitrogen and oxygen atoms in total. The number of hydrogen-bond acceptors (Lipinski definition) is 1. The lowest BCUT2D eigenvalue weighted by Gasteiger charge is -1.69. The van der Waals surface area contributed by atoms with E-state index >= 15 is 0 Å². The molecule has 0 saturated heterocycles. The molecular weight excluding hydrogens is 146 g/mol. The lowest BCUT2D eigenvalue weighted by molar-refractivity contribution is 1.51. The Balaban J connectivity index is 0. The first kappa shape index (κ1) is 12.2. The van der Waals surface area contributed by atoms with E-state index in [1.807, 2.05) is 43.3 Å². The zero-order valence-electron chi connectivity index (χ0n) is 6.26. The maximum atomic E-state index is 5.00. The van der Waals surface area contributed by atoms with E-state index in [2.05, 4.69) is 0 Å². The molecule has 0 aliphatic rings. The lowest BCUT2D eigenvalue weighted by Crippen LogP contribution is -1.47. The first-order valence-electron chi connectivity index (χ1n) is 2.97. The number of hydrogen-bond donors (Lipinski definition) is 1. The van der Waals surface area contributed by atoms with Crippen LogP contribution >= 0.6 is 11.6 Å². The first-order chi connectivity index (χ1) is 4.41. The van der Waals surface area contributed by atoms with Gasteiger partial charge in [0.05, 0.1) is 0 Å². The van der Waals surface area contributed by atoms with Gasteiger partial charge in [-0.2, -0.15) is 0 Å². The van der Waals surface area contributed by atoms with E-state index in [0.717, 1.165) is 5.88 Å². The van der Waals surface area contributed by atoms with Crippen molar-refractivity contribution in [2.24, 2.45) is 0 Å². The normalized spacial score (nSPS) is 6.60. The minimum atomic E-state index is 0. The second-order valence-electron chi connectivity index (χ2n) is 1.42. The van der Waals surface area contributed by atoms with Gasteiger partial charge in [0.15, 0.2) is 0 Å². The molecule has 0 bridgehead atoms. The van der Waals surface area contributed by atoms with Crippen LogP contribution in [0.4, 0.5) is 0 Å². The Hall–Kier alpha value is -0.530. The third-order valence-corrected chi connectivity index (χ3v) is 0.667. The highest BCUT2D eigenvalue weighted by Crippen LogP contribution is 1.79. The average molecular weight is 160 g/mol. The van der Waals surface area contributed by atoms with Crippen LogP contribution < -0.4 is 6.15 Å². The van der Waals surface area contributed by atoms with Crippen LogP contribution in [0.15, 0.2) is 36.4 Å². The topological polar surface area (TPSA) is 35.0 Å². The summed E-state index contributed by atoms with van der Waals surface area (Å²) in [6.45, 7) is 1.89. The van der Waals surface area contributed by atoms with Crippen LogP contribution in [0.3, 0.4) is 0 Å². The van der Waals surface area contributed by atoms with Crippen LogP contribution in [0.1, 0.15) is 6.92 Å². The Bertz CT molecular complexity index is 92.1. The molecular formula is C8H14ClN. The predicted molar refractivity (Wildman–Crippen MR) is 47.9 cm³/mol. The van der Waals surface area contributed by atoms with Crippen molar-refractivity contribution < 1.29 is 0 Å². The number of alkyl halides is 1. The highest BCUT2D eigenvalue weighted by atomic mass is 35.5. The maximum absolute atomic E-state index is 5.00. The number of halogens is 1. The van der Waals surface area contributed by atoms with Crippen LogP contribution in [0, 0.1) is 0 Å². The first-order valence-corrected chi connectivity index (χ1v) is 3.51. The van der Waals surface area contributed by atoms with E-state index in [1.54, 1.807) is 0 Å². The second kappa shape index (κ2) is 11.3.